The predicted octanol–water partition coefficient (Wildman–Crippen LogP) is 1.01. The molecule has 0 bridgehead atoms. The molecule has 2 aliphatic heterocycles. The standard InChI is InChI=1S/C11H12N2O4/c14-5-8-9-7(6-17-8)13-11(10(15)12-9)1-3-16-4-2-11/h5-6,13H,1-4H2,(H,12,15). The molecule has 0 radical (unpaired) electrons. The number of carbonyl (C=O) groups is 2. The molecule has 0 atom stereocenters. The fraction of sp³-hybridized carbons (Fsp3) is 0.455. The molecular weight excluding hydrogens is 224 g/mol. The summed E-state index contributed by atoms with van der Waals surface area (Å²) >= 11 is 0. The van der Waals surface area contributed by atoms with Gasteiger partial charge in [0.1, 0.15) is 17.5 Å². The summed E-state index contributed by atoms with van der Waals surface area (Å²) in [7, 11) is 0. The van der Waals surface area contributed by atoms with Crippen LogP contribution < -0.4 is 10.6 Å². The van der Waals surface area contributed by atoms with E-state index >= 15 is 0 Å². The lowest BCUT2D eigenvalue weighted by atomic mass is 9.87. The monoisotopic (exact) mass is 236 g/mol. The summed E-state index contributed by atoms with van der Waals surface area (Å²) in [5.41, 5.74) is 0.464. The first-order chi connectivity index (χ1) is 8.25. The molecule has 0 aromatic carbocycles. The third-order valence-electron chi connectivity index (χ3n) is 3.32. The summed E-state index contributed by atoms with van der Waals surface area (Å²) < 4.78 is 10.3. The zero-order valence-corrected chi connectivity index (χ0v) is 9.12. The van der Waals surface area contributed by atoms with Gasteiger partial charge < -0.3 is 19.8 Å². The maximum atomic E-state index is 12.1. The van der Waals surface area contributed by atoms with E-state index in [1.807, 2.05) is 0 Å². The Morgan fingerprint density at radius 2 is 2.12 bits per heavy atom. The van der Waals surface area contributed by atoms with Crippen LogP contribution in [0.4, 0.5) is 11.4 Å². The Kier molecular flexibility index (Phi) is 2.19. The van der Waals surface area contributed by atoms with Crippen molar-refractivity contribution in [2.24, 2.45) is 0 Å². The Hall–Kier alpha value is -1.82. The second-order valence-corrected chi connectivity index (χ2v) is 4.28. The maximum Gasteiger partial charge on any atom is 0.250 e. The van der Waals surface area contributed by atoms with Crippen LogP contribution >= 0.6 is 0 Å². The van der Waals surface area contributed by atoms with Gasteiger partial charge in [-0.3, -0.25) is 9.59 Å². The highest BCUT2D eigenvalue weighted by molar-refractivity contribution is 6.08. The van der Waals surface area contributed by atoms with Crippen molar-refractivity contribution in [1.82, 2.24) is 0 Å². The Labute approximate surface area is 97.3 Å². The molecule has 6 heteroatoms. The van der Waals surface area contributed by atoms with Crippen LogP contribution in [0.3, 0.4) is 0 Å². The minimum Gasteiger partial charge on any atom is -0.457 e. The van der Waals surface area contributed by atoms with Crippen molar-refractivity contribution in [3.8, 4) is 0 Å². The molecule has 0 unspecified atom stereocenters. The summed E-state index contributed by atoms with van der Waals surface area (Å²) in [4.78, 5) is 22.8. The van der Waals surface area contributed by atoms with Crippen LogP contribution in [0.1, 0.15) is 23.4 Å². The number of nitrogens with one attached hydrogen (secondary N) is 2. The number of furan rings is 1. The Balaban J connectivity index is 1.97. The van der Waals surface area contributed by atoms with E-state index in [1.54, 1.807) is 0 Å². The van der Waals surface area contributed by atoms with Crippen LogP contribution in [0.15, 0.2) is 10.7 Å². The van der Waals surface area contributed by atoms with Gasteiger partial charge in [0, 0.05) is 26.1 Å². The number of hydrogen-bond donors (Lipinski definition) is 2. The van der Waals surface area contributed by atoms with E-state index in [9.17, 15) is 9.59 Å². The quantitative estimate of drug-likeness (QED) is 0.711. The molecule has 1 spiro atoms. The van der Waals surface area contributed by atoms with Gasteiger partial charge in [-0.15, -0.1) is 0 Å². The Morgan fingerprint density at radius 1 is 1.35 bits per heavy atom. The molecule has 90 valence electrons. The van der Waals surface area contributed by atoms with Gasteiger partial charge in [-0.1, -0.05) is 0 Å². The molecule has 0 saturated carbocycles. The van der Waals surface area contributed by atoms with Gasteiger partial charge in [0.05, 0.1) is 5.69 Å². The molecule has 3 rings (SSSR count). The van der Waals surface area contributed by atoms with E-state index in [4.69, 9.17) is 9.15 Å². The summed E-state index contributed by atoms with van der Waals surface area (Å²) in [5.74, 6) is 0.0144. The number of anilines is 2. The number of rotatable bonds is 1. The minimum atomic E-state index is -0.630. The molecule has 1 amide bonds. The number of carbonyl (C=O) groups excluding carboxylic acids is 2. The number of ether oxygens (including phenoxy) is 1. The normalized spacial score (nSPS) is 21.5. The van der Waals surface area contributed by atoms with E-state index in [1.165, 1.54) is 6.26 Å². The van der Waals surface area contributed by atoms with Crippen molar-refractivity contribution in [2.45, 2.75) is 18.4 Å². The Bertz CT molecular complexity index is 474. The van der Waals surface area contributed by atoms with Crippen molar-refractivity contribution in [3.63, 3.8) is 0 Å². The maximum absolute atomic E-state index is 12.1. The van der Waals surface area contributed by atoms with Gasteiger partial charge in [0.15, 0.2) is 12.0 Å². The third-order valence-corrected chi connectivity index (χ3v) is 3.32. The lowest BCUT2D eigenvalue weighted by Crippen LogP contribution is -2.55. The topological polar surface area (TPSA) is 80.6 Å². The zero-order valence-electron chi connectivity index (χ0n) is 9.12. The van der Waals surface area contributed by atoms with E-state index in [0.29, 0.717) is 43.7 Å². The van der Waals surface area contributed by atoms with Crippen LogP contribution in [0.5, 0.6) is 0 Å². The van der Waals surface area contributed by atoms with Crippen LogP contribution in [0.2, 0.25) is 0 Å². The highest BCUT2D eigenvalue weighted by atomic mass is 16.5. The minimum absolute atomic E-state index is 0.127. The molecule has 0 aliphatic carbocycles. The molecule has 1 fully saturated rings. The molecule has 2 N–H and O–H groups in total. The second kappa shape index (κ2) is 3.59. The van der Waals surface area contributed by atoms with Gasteiger partial charge in [-0.05, 0) is 0 Å². The average Bonchev–Trinajstić information content (AvgIpc) is 2.73. The highest BCUT2D eigenvalue weighted by Gasteiger charge is 2.44. The van der Waals surface area contributed by atoms with E-state index < -0.39 is 5.54 Å². The fourth-order valence-electron chi connectivity index (χ4n) is 2.30. The zero-order chi connectivity index (χ0) is 11.9. The van der Waals surface area contributed by atoms with Crippen molar-refractivity contribution in [2.75, 3.05) is 23.8 Å². The lowest BCUT2D eigenvalue weighted by molar-refractivity contribution is -0.123. The summed E-state index contributed by atoms with van der Waals surface area (Å²) in [6, 6.07) is 0. The van der Waals surface area contributed by atoms with E-state index in [-0.39, 0.29) is 11.7 Å². The molecule has 1 aromatic rings. The largest absolute Gasteiger partial charge is 0.457 e. The van der Waals surface area contributed by atoms with Gasteiger partial charge in [-0.2, -0.15) is 0 Å². The average molecular weight is 236 g/mol. The van der Waals surface area contributed by atoms with Crippen LogP contribution in [-0.4, -0.2) is 30.9 Å². The second-order valence-electron chi connectivity index (χ2n) is 4.28. The first kappa shape index (κ1) is 10.3. The Morgan fingerprint density at radius 3 is 2.82 bits per heavy atom. The van der Waals surface area contributed by atoms with Crippen LogP contribution in [0, 0.1) is 0 Å². The van der Waals surface area contributed by atoms with Crippen molar-refractivity contribution in [1.29, 1.82) is 0 Å². The summed E-state index contributed by atoms with van der Waals surface area (Å²) in [6.07, 6.45) is 3.26. The lowest BCUT2D eigenvalue weighted by Gasteiger charge is -2.39. The van der Waals surface area contributed by atoms with Crippen LogP contribution in [-0.2, 0) is 9.53 Å². The smallest absolute Gasteiger partial charge is 0.250 e. The van der Waals surface area contributed by atoms with Gasteiger partial charge >= 0.3 is 0 Å². The summed E-state index contributed by atoms with van der Waals surface area (Å²) in [5, 5.41) is 5.91. The van der Waals surface area contributed by atoms with Crippen molar-refractivity contribution < 1.29 is 18.7 Å². The van der Waals surface area contributed by atoms with Crippen LogP contribution in [0.25, 0.3) is 0 Å². The molecule has 2 aliphatic rings. The molecule has 1 saturated heterocycles. The molecule has 3 heterocycles. The van der Waals surface area contributed by atoms with Gasteiger partial charge in [-0.25, -0.2) is 0 Å². The third kappa shape index (κ3) is 1.44. The molecular formula is C11H12N2O4. The number of aldehydes is 1. The van der Waals surface area contributed by atoms with Gasteiger partial charge in [0.25, 0.3) is 0 Å². The van der Waals surface area contributed by atoms with Crippen molar-refractivity contribution >= 4 is 23.6 Å². The highest BCUT2D eigenvalue weighted by Crippen LogP contribution is 2.38. The van der Waals surface area contributed by atoms with E-state index in [0.717, 1.165) is 0 Å². The SMILES string of the molecule is O=Cc1occ2c1NC(=O)C1(CCOCC1)N2. The molecule has 6 nitrogen and oxygen atoms in total. The summed E-state index contributed by atoms with van der Waals surface area (Å²) in [6.45, 7) is 1.10. The van der Waals surface area contributed by atoms with Crippen molar-refractivity contribution in [3.05, 3.63) is 12.0 Å². The number of fused-ring (bicyclic) bond motifs is 1. The first-order valence-electron chi connectivity index (χ1n) is 5.49. The number of hydrogen-bond acceptors (Lipinski definition) is 5. The van der Waals surface area contributed by atoms with Gasteiger partial charge in [0.2, 0.25) is 5.91 Å². The first-order valence-corrected chi connectivity index (χ1v) is 5.49. The van der Waals surface area contributed by atoms with E-state index in [2.05, 4.69) is 10.6 Å². The number of amides is 1. The predicted molar refractivity (Wildman–Crippen MR) is 59.1 cm³/mol. The molecule has 17 heavy (non-hydrogen) atoms. The fourth-order valence-corrected chi connectivity index (χ4v) is 2.30. The molecule has 1 aromatic heterocycles.